The monoisotopic (exact) mass is 404 g/mol. The second kappa shape index (κ2) is 9.21. The van der Waals surface area contributed by atoms with E-state index < -0.39 is 12.1 Å². The van der Waals surface area contributed by atoms with Gasteiger partial charge in [0.2, 0.25) is 5.88 Å². The fraction of sp³-hybridized carbons (Fsp3) is 0.450. The van der Waals surface area contributed by atoms with Gasteiger partial charge in [0.1, 0.15) is 12.0 Å². The molecule has 1 aliphatic rings. The van der Waals surface area contributed by atoms with Gasteiger partial charge in [-0.25, -0.2) is 0 Å². The average molecular weight is 405 g/mol. The van der Waals surface area contributed by atoms with Crippen LogP contribution >= 0.6 is 11.6 Å². The van der Waals surface area contributed by atoms with E-state index in [0.29, 0.717) is 17.4 Å². The first-order chi connectivity index (χ1) is 13.4. The van der Waals surface area contributed by atoms with E-state index in [9.17, 15) is 9.90 Å². The molecule has 1 fully saturated rings. The molecule has 0 spiro atoms. The van der Waals surface area contributed by atoms with Gasteiger partial charge in [0, 0.05) is 20.0 Å². The number of anilines is 1. The first-order valence-electron chi connectivity index (χ1n) is 9.40. The number of hydrogen-bond donors (Lipinski definition) is 2. The maximum Gasteiger partial charge on any atom is 0.254 e. The van der Waals surface area contributed by atoms with Crippen molar-refractivity contribution < 1.29 is 14.6 Å². The second-order valence-corrected chi connectivity index (χ2v) is 7.58. The van der Waals surface area contributed by atoms with Gasteiger partial charge in [-0.15, -0.1) is 0 Å². The van der Waals surface area contributed by atoms with Crippen LogP contribution in [0.3, 0.4) is 0 Å². The minimum atomic E-state index is -0.879. The minimum absolute atomic E-state index is 0.0833. The minimum Gasteiger partial charge on any atom is -0.437 e. The number of amides is 1. The Labute approximate surface area is 169 Å². The first-order valence-corrected chi connectivity index (χ1v) is 9.77. The highest BCUT2D eigenvalue weighted by Crippen LogP contribution is 2.28. The number of hydrogen-bond acceptors (Lipinski definition) is 6. The predicted octanol–water partition coefficient (Wildman–Crippen LogP) is 3.62. The maximum absolute atomic E-state index is 12.6. The van der Waals surface area contributed by atoms with Crippen LogP contribution in [-0.4, -0.2) is 41.3 Å². The molecule has 7 nitrogen and oxygen atoms in total. The van der Waals surface area contributed by atoms with Crippen molar-refractivity contribution in [2.75, 3.05) is 19.0 Å². The van der Waals surface area contributed by atoms with E-state index in [1.807, 2.05) is 19.0 Å². The predicted molar refractivity (Wildman–Crippen MR) is 108 cm³/mol. The van der Waals surface area contributed by atoms with E-state index in [4.69, 9.17) is 16.3 Å². The van der Waals surface area contributed by atoms with Crippen molar-refractivity contribution in [3.8, 4) is 11.6 Å². The van der Waals surface area contributed by atoms with Crippen LogP contribution in [0.25, 0.3) is 0 Å². The van der Waals surface area contributed by atoms with Crippen LogP contribution in [0.5, 0.6) is 11.6 Å². The topological polar surface area (TPSA) is 87.6 Å². The summed E-state index contributed by atoms with van der Waals surface area (Å²) in [6.45, 7) is 0. The number of halogens is 1. The molecule has 2 N–H and O–H groups in total. The number of carbonyl (C=O) groups is 1. The van der Waals surface area contributed by atoms with Gasteiger partial charge < -0.3 is 20.1 Å². The number of aliphatic hydroxyl groups excluding tert-OH is 1. The Hall–Kier alpha value is -2.38. The Morgan fingerprint density at radius 3 is 2.75 bits per heavy atom. The fourth-order valence-corrected chi connectivity index (χ4v) is 3.45. The van der Waals surface area contributed by atoms with Crippen molar-refractivity contribution in [1.29, 1.82) is 0 Å². The van der Waals surface area contributed by atoms with E-state index in [0.717, 1.165) is 25.7 Å². The number of carbonyl (C=O) groups excluding carboxylic acids is 1. The smallest absolute Gasteiger partial charge is 0.254 e. The molecule has 1 atom stereocenters. The SMILES string of the molecule is CN(C)c1cncc(Oc2ccc(Cl)c(C(=O)NC(O)C3CCCCC3)c2)n1. The van der Waals surface area contributed by atoms with Crippen molar-refractivity contribution in [2.24, 2.45) is 5.92 Å². The highest BCUT2D eigenvalue weighted by Gasteiger charge is 2.24. The summed E-state index contributed by atoms with van der Waals surface area (Å²) in [7, 11) is 3.71. The van der Waals surface area contributed by atoms with E-state index in [1.54, 1.807) is 18.3 Å². The van der Waals surface area contributed by atoms with Gasteiger partial charge in [0.25, 0.3) is 5.91 Å². The quantitative estimate of drug-likeness (QED) is 0.715. The molecule has 0 radical (unpaired) electrons. The Morgan fingerprint density at radius 1 is 1.29 bits per heavy atom. The van der Waals surface area contributed by atoms with Crippen LogP contribution in [0, 0.1) is 5.92 Å². The average Bonchev–Trinajstić information content (AvgIpc) is 2.70. The fourth-order valence-electron chi connectivity index (χ4n) is 3.25. The third-order valence-electron chi connectivity index (χ3n) is 4.84. The summed E-state index contributed by atoms with van der Waals surface area (Å²) >= 11 is 6.20. The van der Waals surface area contributed by atoms with E-state index in [2.05, 4.69) is 15.3 Å². The molecule has 150 valence electrons. The lowest BCUT2D eigenvalue weighted by molar-refractivity contribution is 0.0463. The molecule has 0 saturated heterocycles. The van der Waals surface area contributed by atoms with Gasteiger partial charge >= 0.3 is 0 Å². The first kappa shape index (κ1) is 20.4. The summed E-state index contributed by atoms with van der Waals surface area (Å²) in [6, 6.07) is 4.78. The highest BCUT2D eigenvalue weighted by molar-refractivity contribution is 6.33. The van der Waals surface area contributed by atoms with Gasteiger partial charge in [-0.2, -0.15) is 4.98 Å². The number of aromatic nitrogens is 2. The van der Waals surface area contributed by atoms with E-state index in [-0.39, 0.29) is 16.5 Å². The molecule has 0 bridgehead atoms. The molecular formula is C20H25ClN4O3. The Bertz CT molecular complexity index is 825. The number of aliphatic hydroxyl groups is 1. The van der Waals surface area contributed by atoms with Crippen molar-refractivity contribution >= 4 is 23.3 Å². The molecule has 3 rings (SSSR count). The third kappa shape index (κ3) is 5.11. The molecule has 1 saturated carbocycles. The molecule has 1 aromatic heterocycles. The van der Waals surface area contributed by atoms with Crippen molar-refractivity contribution in [3.05, 3.63) is 41.2 Å². The van der Waals surface area contributed by atoms with Crippen LogP contribution in [-0.2, 0) is 0 Å². The molecule has 8 heteroatoms. The summed E-state index contributed by atoms with van der Waals surface area (Å²) < 4.78 is 5.73. The maximum atomic E-state index is 12.6. The Morgan fingerprint density at radius 2 is 2.04 bits per heavy atom. The Kier molecular flexibility index (Phi) is 6.70. The standard InChI is InChI=1S/C20H25ClN4O3/c1-25(2)17-11-22-12-18(23-17)28-14-8-9-16(21)15(10-14)20(27)24-19(26)13-6-4-3-5-7-13/h8-13,19,26H,3-7H2,1-2H3,(H,24,27). The van der Waals surface area contributed by atoms with Crippen LogP contribution in [0.2, 0.25) is 5.02 Å². The summed E-state index contributed by atoms with van der Waals surface area (Å²) in [4.78, 5) is 22.9. The van der Waals surface area contributed by atoms with Crippen molar-refractivity contribution in [2.45, 2.75) is 38.3 Å². The second-order valence-electron chi connectivity index (χ2n) is 7.17. The molecule has 1 heterocycles. The molecule has 1 aromatic carbocycles. The summed E-state index contributed by atoms with van der Waals surface area (Å²) in [5.74, 6) is 1.02. The normalized spacial score (nSPS) is 15.7. The van der Waals surface area contributed by atoms with Gasteiger partial charge in [0.15, 0.2) is 5.82 Å². The number of ether oxygens (including phenoxy) is 1. The number of nitrogens with one attached hydrogen (secondary N) is 1. The molecule has 2 aromatic rings. The third-order valence-corrected chi connectivity index (χ3v) is 5.17. The lowest BCUT2D eigenvalue weighted by Gasteiger charge is -2.27. The molecular weight excluding hydrogens is 380 g/mol. The molecule has 0 aliphatic heterocycles. The van der Waals surface area contributed by atoms with Gasteiger partial charge in [0.05, 0.1) is 23.0 Å². The lowest BCUT2D eigenvalue weighted by Crippen LogP contribution is -2.41. The molecule has 1 amide bonds. The van der Waals surface area contributed by atoms with Crippen LogP contribution in [0.15, 0.2) is 30.6 Å². The largest absolute Gasteiger partial charge is 0.437 e. The highest BCUT2D eigenvalue weighted by atomic mass is 35.5. The van der Waals surface area contributed by atoms with Crippen LogP contribution in [0.4, 0.5) is 5.82 Å². The van der Waals surface area contributed by atoms with E-state index >= 15 is 0 Å². The van der Waals surface area contributed by atoms with Gasteiger partial charge in [-0.1, -0.05) is 30.9 Å². The summed E-state index contributed by atoms with van der Waals surface area (Å²) in [6.07, 6.45) is 7.41. The molecule has 1 aliphatic carbocycles. The molecule has 1 unspecified atom stereocenters. The lowest BCUT2D eigenvalue weighted by atomic mass is 9.88. The van der Waals surface area contributed by atoms with E-state index in [1.165, 1.54) is 18.7 Å². The van der Waals surface area contributed by atoms with Crippen molar-refractivity contribution in [3.63, 3.8) is 0 Å². The summed E-state index contributed by atoms with van der Waals surface area (Å²) in [5, 5.41) is 13.3. The number of benzene rings is 1. The zero-order valence-corrected chi connectivity index (χ0v) is 16.8. The number of nitrogens with zero attached hydrogens (tertiary/aromatic N) is 3. The van der Waals surface area contributed by atoms with Crippen LogP contribution in [0.1, 0.15) is 42.5 Å². The van der Waals surface area contributed by atoms with Gasteiger partial charge in [-0.05, 0) is 31.0 Å². The summed E-state index contributed by atoms with van der Waals surface area (Å²) in [5.41, 5.74) is 0.241. The zero-order chi connectivity index (χ0) is 20.1. The van der Waals surface area contributed by atoms with Crippen molar-refractivity contribution in [1.82, 2.24) is 15.3 Å². The molecule has 28 heavy (non-hydrogen) atoms. The Balaban J connectivity index is 1.72. The zero-order valence-electron chi connectivity index (χ0n) is 16.1. The van der Waals surface area contributed by atoms with Gasteiger partial charge in [-0.3, -0.25) is 9.78 Å². The van der Waals surface area contributed by atoms with Crippen LogP contribution < -0.4 is 15.0 Å². The number of rotatable bonds is 6.